The van der Waals surface area contributed by atoms with Crippen LogP contribution in [0.4, 0.5) is 23.1 Å². The van der Waals surface area contributed by atoms with Crippen LogP contribution in [0.2, 0.25) is 0 Å². The number of fused-ring (bicyclic) bond motifs is 1. The molecule has 2 heterocycles. The summed E-state index contributed by atoms with van der Waals surface area (Å²) >= 11 is 0. The first-order valence-electron chi connectivity index (χ1n) is 11.0. The molecular weight excluding hydrogens is 466 g/mol. The quantitative estimate of drug-likeness (QED) is 0.281. The van der Waals surface area contributed by atoms with Gasteiger partial charge in [0.25, 0.3) is 5.91 Å². The Morgan fingerprint density at radius 3 is 2.66 bits per heavy atom. The number of H-pyrrole nitrogens is 1. The molecule has 2 aromatic heterocycles. The van der Waals surface area contributed by atoms with Crippen molar-refractivity contribution in [1.29, 1.82) is 0 Å². The van der Waals surface area contributed by atoms with Gasteiger partial charge in [0.05, 0.1) is 17.3 Å². The monoisotopic (exact) mass is 493 g/mol. The summed E-state index contributed by atoms with van der Waals surface area (Å²) in [7, 11) is -1.88. The molecule has 4 aromatic rings. The molecule has 10 nitrogen and oxygen atoms in total. The zero-order valence-electron chi connectivity index (χ0n) is 19.7. The Kier molecular flexibility index (Phi) is 6.87. The molecule has 0 radical (unpaired) electrons. The van der Waals surface area contributed by atoms with Crippen LogP contribution in [-0.4, -0.2) is 49.1 Å². The smallest absolute Gasteiger partial charge is 0.251 e. The number of anilines is 4. The number of carbonyl (C=O) groups is 1. The van der Waals surface area contributed by atoms with Gasteiger partial charge in [0, 0.05) is 37.6 Å². The van der Waals surface area contributed by atoms with Gasteiger partial charge in [-0.05, 0) is 42.8 Å². The van der Waals surface area contributed by atoms with E-state index in [-0.39, 0.29) is 5.91 Å². The van der Waals surface area contributed by atoms with Crippen molar-refractivity contribution in [3.63, 3.8) is 0 Å². The van der Waals surface area contributed by atoms with E-state index >= 15 is 0 Å². The third-order valence-corrected chi connectivity index (χ3v) is 6.60. The lowest BCUT2D eigenvalue weighted by molar-refractivity contribution is 0.0956. The van der Waals surface area contributed by atoms with Crippen LogP contribution in [0.5, 0.6) is 0 Å². The number of aromatic amines is 1. The van der Waals surface area contributed by atoms with Crippen LogP contribution in [0, 0.1) is 0 Å². The van der Waals surface area contributed by atoms with E-state index in [0.29, 0.717) is 47.4 Å². The molecule has 0 spiro atoms. The Morgan fingerprint density at radius 1 is 1.09 bits per heavy atom. The van der Waals surface area contributed by atoms with Crippen molar-refractivity contribution in [2.24, 2.45) is 0 Å². The molecule has 35 heavy (non-hydrogen) atoms. The number of sulfonamides is 1. The third-order valence-electron chi connectivity index (χ3n) is 5.41. The van der Waals surface area contributed by atoms with Crippen molar-refractivity contribution in [2.45, 2.75) is 13.5 Å². The van der Waals surface area contributed by atoms with E-state index in [1.807, 2.05) is 31.2 Å². The fourth-order valence-electron chi connectivity index (χ4n) is 3.59. The van der Waals surface area contributed by atoms with E-state index in [4.69, 9.17) is 0 Å². The van der Waals surface area contributed by atoms with Gasteiger partial charge in [-0.1, -0.05) is 24.3 Å². The molecule has 4 rings (SSSR count). The highest BCUT2D eigenvalue weighted by Gasteiger charge is 2.16. The minimum Gasteiger partial charge on any atom is -0.365 e. The van der Waals surface area contributed by atoms with Gasteiger partial charge in [-0.3, -0.25) is 9.10 Å². The highest BCUT2D eigenvalue weighted by Crippen LogP contribution is 2.26. The number of hydrogen-bond acceptors (Lipinski definition) is 7. The lowest BCUT2D eigenvalue weighted by atomic mass is 10.1. The minimum absolute atomic E-state index is 0.156. The topological polar surface area (TPSA) is 132 Å². The van der Waals surface area contributed by atoms with Gasteiger partial charge >= 0.3 is 0 Å². The molecule has 0 saturated carbocycles. The third kappa shape index (κ3) is 5.52. The number of nitrogens with one attached hydrogen (secondary N) is 4. The van der Waals surface area contributed by atoms with Gasteiger partial charge in [0.15, 0.2) is 0 Å². The first-order valence-corrected chi connectivity index (χ1v) is 12.9. The maximum Gasteiger partial charge on any atom is 0.251 e. The maximum atomic E-state index is 12.2. The molecule has 0 unspecified atom stereocenters. The summed E-state index contributed by atoms with van der Waals surface area (Å²) in [6, 6.07) is 16.2. The first-order chi connectivity index (χ1) is 16.8. The van der Waals surface area contributed by atoms with Gasteiger partial charge in [0.2, 0.25) is 16.0 Å². The molecule has 0 aliphatic heterocycles. The molecule has 0 saturated heterocycles. The normalized spacial score (nSPS) is 11.3. The number of amides is 1. The Balaban J connectivity index is 1.60. The summed E-state index contributed by atoms with van der Waals surface area (Å²) in [6.45, 7) is 2.76. The molecule has 0 aliphatic carbocycles. The largest absolute Gasteiger partial charge is 0.365 e. The minimum atomic E-state index is -3.41. The van der Waals surface area contributed by atoms with E-state index < -0.39 is 10.0 Å². The predicted molar refractivity (Wildman–Crippen MR) is 139 cm³/mol. The fraction of sp³-hybridized carbons (Fsp3) is 0.208. The SMILES string of the molecule is CCNC(=O)c1cccc(Nc2nc(NCc3ccccc3N(C)S(C)(=O)=O)c3cc[nH]c3n2)c1. The van der Waals surface area contributed by atoms with Crippen LogP contribution in [0.1, 0.15) is 22.8 Å². The summed E-state index contributed by atoms with van der Waals surface area (Å²) in [6.07, 6.45) is 2.94. The molecule has 0 bridgehead atoms. The van der Waals surface area contributed by atoms with Crippen molar-refractivity contribution in [3.05, 3.63) is 71.9 Å². The molecule has 1 amide bonds. The molecule has 0 fully saturated rings. The van der Waals surface area contributed by atoms with Crippen LogP contribution in [0.25, 0.3) is 11.0 Å². The van der Waals surface area contributed by atoms with Crippen molar-refractivity contribution in [2.75, 3.05) is 34.8 Å². The zero-order chi connectivity index (χ0) is 25.0. The standard InChI is InChI=1S/C24H27N7O3S/c1-4-25-23(32)16-9-7-10-18(14-16)28-24-29-21-19(12-13-26-21)22(30-24)27-15-17-8-5-6-11-20(17)31(2)35(3,33)34/h5-14H,4,15H2,1-3H3,(H,25,32)(H3,26,27,28,29,30). The van der Waals surface area contributed by atoms with Crippen LogP contribution in [-0.2, 0) is 16.6 Å². The lowest BCUT2D eigenvalue weighted by Gasteiger charge is -2.20. The van der Waals surface area contributed by atoms with Crippen molar-refractivity contribution < 1.29 is 13.2 Å². The Morgan fingerprint density at radius 2 is 1.89 bits per heavy atom. The van der Waals surface area contributed by atoms with Crippen molar-refractivity contribution in [1.82, 2.24) is 20.3 Å². The Labute approximate surface area is 203 Å². The summed E-state index contributed by atoms with van der Waals surface area (Å²) < 4.78 is 25.4. The van der Waals surface area contributed by atoms with Crippen LogP contribution >= 0.6 is 0 Å². The molecule has 4 N–H and O–H groups in total. The first kappa shape index (κ1) is 24.0. The Bertz CT molecular complexity index is 1470. The second kappa shape index (κ2) is 10.0. The highest BCUT2D eigenvalue weighted by molar-refractivity contribution is 7.92. The number of para-hydroxylation sites is 1. The van der Waals surface area contributed by atoms with Crippen molar-refractivity contribution in [3.8, 4) is 0 Å². The zero-order valence-corrected chi connectivity index (χ0v) is 20.5. The Hall–Kier alpha value is -4.12. The summed E-state index contributed by atoms with van der Waals surface area (Å²) in [4.78, 5) is 24.4. The van der Waals surface area contributed by atoms with E-state index in [1.54, 1.807) is 36.5 Å². The van der Waals surface area contributed by atoms with E-state index in [9.17, 15) is 13.2 Å². The van der Waals surface area contributed by atoms with E-state index in [2.05, 4.69) is 30.9 Å². The summed E-state index contributed by atoms with van der Waals surface area (Å²) in [5.41, 5.74) is 3.22. The second-order valence-electron chi connectivity index (χ2n) is 7.91. The van der Waals surface area contributed by atoms with Crippen LogP contribution in [0.15, 0.2) is 60.8 Å². The van der Waals surface area contributed by atoms with Crippen LogP contribution < -0.4 is 20.3 Å². The number of rotatable bonds is 9. The molecule has 0 atom stereocenters. The number of benzene rings is 2. The van der Waals surface area contributed by atoms with E-state index in [1.165, 1.54) is 17.6 Å². The average Bonchev–Trinajstić information content (AvgIpc) is 3.31. The number of nitrogens with zero attached hydrogens (tertiary/aromatic N) is 3. The van der Waals surface area contributed by atoms with Gasteiger partial charge in [-0.2, -0.15) is 9.97 Å². The average molecular weight is 494 g/mol. The van der Waals surface area contributed by atoms with Crippen molar-refractivity contribution >= 4 is 50.1 Å². The number of aromatic nitrogens is 3. The molecular formula is C24H27N7O3S. The second-order valence-corrected chi connectivity index (χ2v) is 9.93. The summed E-state index contributed by atoms with van der Waals surface area (Å²) in [5, 5.41) is 10.0. The van der Waals surface area contributed by atoms with Gasteiger partial charge in [0.1, 0.15) is 11.5 Å². The predicted octanol–water partition coefficient (Wildman–Crippen LogP) is 3.46. The molecule has 11 heteroatoms. The van der Waals surface area contributed by atoms with Gasteiger partial charge in [-0.25, -0.2) is 8.42 Å². The molecule has 2 aromatic carbocycles. The van der Waals surface area contributed by atoms with Crippen LogP contribution in [0.3, 0.4) is 0 Å². The number of carbonyl (C=O) groups excluding carboxylic acids is 1. The molecule has 0 aliphatic rings. The van der Waals surface area contributed by atoms with Gasteiger partial charge < -0.3 is 20.9 Å². The summed E-state index contributed by atoms with van der Waals surface area (Å²) in [5.74, 6) is 0.768. The van der Waals surface area contributed by atoms with Gasteiger partial charge in [-0.15, -0.1) is 0 Å². The lowest BCUT2D eigenvalue weighted by Crippen LogP contribution is -2.26. The molecule has 182 valence electrons. The number of hydrogen-bond donors (Lipinski definition) is 4. The maximum absolute atomic E-state index is 12.2. The van der Waals surface area contributed by atoms with E-state index in [0.717, 1.165) is 10.9 Å². The fourth-order valence-corrected chi connectivity index (χ4v) is 4.12. The highest BCUT2D eigenvalue weighted by atomic mass is 32.2.